The fourth-order valence-electron chi connectivity index (χ4n) is 2.18. The molecule has 0 bridgehead atoms. The van der Waals surface area contributed by atoms with E-state index in [-0.39, 0.29) is 18.0 Å². The Morgan fingerprint density at radius 1 is 1.37 bits per heavy atom. The molecule has 0 aromatic carbocycles. The minimum atomic E-state index is 0.00945. The molecule has 1 rings (SSSR count). The van der Waals surface area contributed by atoms with E-state index in [9.17, 15) is 4.79 Å². The van der Waals surface area contributed by atoms with Crippen LogP contribution in [0.15, 0.2) is 16.7 Å². The Hall–Kier alpha value is -0.770. The Morgan fingerprint density at radius 3 is 2.53 bits per heavy atom. The molecule has 0 saturated heterocycles. The van der Waals surface area contributed by atoms with Crippen LogP contribution in [0.25, 0.3) is 0 Å². The molecular formula is C15H25BrN2O. The fourth-order valence-corrected chi connectivity index (χ4v) is 2.62. The molecule has 2 atom stereocenters. The van der Waals surface area contributed by atoms with Gasteiger partial charge in [-0.2, -0.15) is 0 Å². The summed E-state index contributed by atoms with van der Waals surface area (Å²) in [7, 11) is 0. The van der Waals surface area contributed by atoms with Crippen molar-refractivity contribution in [2.24, 2.45) is 5.92 Å². The van der Waals surface area contributed by atoms with Gasteiger partial charge in [-0.1, -0.05) is 20.3 Å². The molecular weight excluding hydrogens is 304 g/mol. The van der Waals surface area contributed by atoms with Gasteiger partial charge in [-0.15, -0.1) is 0 Å². The van der Waals surface area contributed by atoms with E-state index in [0.29, 0.717) is 5.92 Å². The van der Waals surface area contributed by atoms with Crippen molar-refractivity contribution in [3.05, 3.63) is 22.4 Å². The number of hydrogen-bond donors (Lipinski definition) is 1. The van der Waals surface area contributed by atoms with Gasteiger partial charge in [0, 0.05) is 22.8 Å². The van der Waals surface area contributed by atoms with Crippen molar-refractivity contribution in [3.8, 4) is 0 Å². The highest BCUT2D eigenvalue weighted by Crippen LogP contribution is 2.19. The van der Waals surface area contributed by atoms with Crippen molar-refractivity contribution in [1.82, 2.24) is 9.88 Å². The lowest BCUT2D eigenvalue weighted by Gasteiger charge is -2.19. The van der Waals surface area contributed by atoms with Crippen LogP contribution < -0.4 is 5.32 Å². The van der Waals surface area contributed by atoms with Crippen molar-refractivity contribution in [1.29, 1.82) is 0 Å². The quantitative estimate of drug-likeness (QED) is 0.825. The summed E-state index contributed by atoms with van der Waals surface area (Å²) in [6, 6.07) is 2.36. The maximum atomic E-state index is 12.3. The monoisotopic (exact) mass is 328 g/mol. The average molecular weight is 329 g/mol. The van der Waals surface area contributed by atoms with Gasteiger partial charge in [0.1, 0.15) is 5.69 Å². The van der Waals surface area contributed by atoms with Crippen LogP contribution in [0.3, 0.4) is 0 Å². The van der Waals surface area contributed by atoms with Crippen LogP contribution in [0.2, 0.25) is 0 Å². The zero-order chi connectivity index (χ0) is 14.6. The standard InChI is InChI=1S/C15H25BrN2O/c1-6-11(4)7-12(5)17-15(19)14-8-13(16)9-18(14)10(2)3/h8-12H,6-7H2,1-5H3,(H,17,19). The molecule has 1 N–H and O–H groups in total. The highest BCUT2D eigenvalue weighted by atomic mass is 79.9. The van der Waals surface area contributed by atoms with E-state index >= 15 is 0 Å². The van der Waals surface area contributed by atoms with Crippen molar-refractivity contribution in [3.63, 3.8) is 0 Å². The average Bonchev–Trinajstić information content (AvgIpc) is 2.71. The Balaban J connectivity index is 2.73. The second-order valence-corrected chi connectivity index (χ2v) is 6.58. The third kappa shape index (κ3) is 4.68. The summed E-state index contributed by atoms with van der Waals surface area (Å²) in [6.45, 7) is 10.6. The second-order valence-electron chi connectivity index (χ2n) is 5.67. The molecule has 4 heteroatoms. The van der Waals surface area contributed by atoms with E-state index in [0.717, 1.165) is 23.0 Å². The summed E-state index contributed by atoms with van der Waals surface area (Å²) >= 11 is 3.44. The Kier molecular flexibility index (Phi) is 6.11. The summed E-state index contributed by atoms with van der Waals surface area (Å²) in [6.07, 6.45) is 4.12. The molecule has 19 heavy (non-hydrogen) atoms. The third-order valence-corrected chi connectivity index (χ3v) is 3.87. The van der Waals surface area contributed by atoms with Crippen LogP contribution >= 0.6 is 15.9 Å². The van der Waals surface area contributed by atoms with Crippen LogP contribution in [0.5, 0.6) is 0 Å². The molecule has 0 saturated carbocycles. The third-order valence-electron chi connectivity index (χ3n) is 3.43. The molecule has 0 spiro atoms. The highest BCUT2D eigenvalue weighted by Gasteiger charge is 2.17. The number of hydrogen-bond acceptors (Lipinski definition) is 1. The molecule has 0 aliphatic heterocycles. The van der Waals surface area contributed by atoms with Gasteiger partial charge in [-0.3, -0.25) is 4.79 Å². The molecule has 1 aromatic heterocycles. The molecule has 0 radical (unpaired) electrons. The Labute approximate surface area is 124 Å². The summed E-state index contributed by atoms with van der Waals surface area (Å²) < 4.78 is 2.94. The van der Waals surface area contributed by atoms with Gasteiger partial charge in [-0.05, 0) is 55.1 Å². The van der Waals surface area contributed by atoms with Crippen molar-refractivity contribution >= 4 is 21.8 Å². The molecule has 0 fully saturated rings. The number of carbonyl (C=O) groups is 1. The predicted molar refractivity (Wildman–Crippen MR) is 83.5 cm³/mol. The van der Waals surface area contributed by atoms with Crippen LogP contribution in [0.1, 0.15) is 64.0 Å². The first-order valence-electron chi connectivity index (χ1n) is 7.03. The summed E-state index contributed by atoms with van der Waals surface area (Å²) in [5, 5.41) is 3.09. The normalized spacial score (nSPS) is 14.5. The van der Waals surface area contributed by atoms with Crippen LogP contribution in [-0.2, 0) is 0 Å². The molecule has 3 nitrogen and oxygen atoms in total. The maximum Gasteiger partial charge on any atom is 0.268 e. The van der Waals surface area contributed by atoms with Gasteiger partial charge in [0.2, 0.25) is 0 Å². The molecule has 2 unspecified atom stereocenters. The molecule has 108 valence electrons. The molecule has 0 aliphatic rings. The van der Waals surface area contributed by atoms with Crippen LogP contribution in [0, 0.1) is 5.92 Å². The zero-order valence-electron chi connectivity index (χ0n) is 12.5. The first-order valence-corrected chi connectivity index (χ1v) is 7.82. The van der Waals surface area contributed by atoms with Gasteiger partial charge in [0.25, 0.3) is 5.91 Å². The summed E-state index contributed by atoms with van der Waals surface area (Å²) in [5.74, 6) is 0.647. The highest BCUT2D eigenvalue weighted by molar-refractivity contribution is 9.10. The molecule has 1 aromatic rings. The number of halogens is 1. The minimum absolute atomic E-state index is 0.00945. The van der Waals surface area contributed by atoms with E-state index in [2.05, 4.69) is 55.9 Å². The minimum Gasteiger partial charge on any atom is -0.348 e. The summed E-state index contributed by atoms with van der Waals surface area (Å²) in [5.41, 5.74) is 0.720. The van der Waals surface area contributed by atoms with E-state index < -0.39 is 0 Å². The van der Waals surface area contributed by atoms with E-state index in [1.807, 2.05) is 16.8 Å². The molecule has 1 heterocycles. The Morgan fingerprint density at radius 2 is 2.00 bits per heavy atom. The first kappa shape index (κ1) is 16.3. The smallest absolute Gasteiger partial charge is 0.268 e. The van der Waals surface area contributed by atoms with E-state index in [1.165, 1.54) is 0 Å². The number of carbonyl (C=O) groups excluding carboxylic acids is 1. The zero-order valence-corrected chi connectivity index (χ0v) is 14.1. The molecule has 1 amide bonds. The lowest BCUT2D eigenvalue weighted by Crippen LogP contribution is -2.35. The van der Waals surface area contributed by atoms with Gasteiger partial charge in [0.15, 0.2) is 0 Å². The lowest BCUT2D eigenvalue weighted by atomic mass is 10.0. The second kappa shape index (κ2) is 7.13. The van der Waals surface area contributed by atoms with Crippen molar-refractivity contribution < 1.29 is 4.79 Å². The van der Waals surface area contributed by atoms with Gasteiger partial charge in [-0.25, -0.2) is 0 Å². The number of amides is 1. The van der Waals surface area contributed by atoms with E-state index in [1.54, 1.807) is 0 Å². The number of aromatic nitrogens is 1. The first-order chi connectivity index (χ1) is 8.85. The topological polar surface area (TPSA) is 34.0 Å². The number of rotatable bonds is 6. The van der Waals surface area contributed by atoms with Crippen molar-refractivity contribution in [2.45, 2.75) is 59.5 Å². The van der Waals surface area contributed by atoms with Crippen LogP contribution in [0.4, 0.5) is 0 Å². The molecule has 0 aliphatic carbocycles. The number of nitrogens with zero attached hydrogens (tertiary/aromatic N) is 1. The fraction of sp³-hybridized carbons (Fsp3) is 0.667. The van der Waals surface area contributed by atoms with Gasteiger partial charge in [0.05, 0.1) is 0 Å². The van der Waals surface area contributed by atoms with Crippen LogP contribution in [-0.4, -0.2) is 16.5 Å². The number of nitrogens with one attached hydrogen (secondary N) is 1. The maximum absolute atomic E-state index is 12.3. The van der Waals surface area contributed by atoms with Gasteiger partial charge >= 0.3 is 0 Å². The predicted octanol–water partition coefficient (Wildman–Crippen LogP) is 4.39. The van der Waals surface area contributed by atoms with Crippen molar-refractivity contribution in [2.75, 3.05) is 0 Å². The summed E-state index contributed by atoms with van der Waals surface area (Å²) in [4.78, 5) is 12.3. The van der Waals surface area contributed by atoms with Gasteiger partial charge < -0.3 is 9.88 Å². The lowest BCUT2D eigenvalue weighted by molar-refractivity contribution is 0.0924. The largest absolute Gasteiger partial charge is 0.348 e. The van der Waals surface area contributed by atoms with E-state index in [4.69, 9.17) is 0 Å². The SMILES string of the molecule is CCC(C)CC(C)NC(=O)c1cc(Br)cn1C(C)C. The Bertz CT molecular complexity index is 426.